The van der Waals surface area contributed by atoms with E-state index >= 15 is 0 Å². The molecule has 1 aromatic rings. The molecule has 1 aliphatic rings. The fraction of sp³-hybridized carbons (Fsp3) is 0.500. The molecule has 1 N–H and O–H groups in total. The molecule has 1 fully saturated rings. The average Bonchev–Trinajstić information content (AvgIpc) is 3.09. The molecule has 3 nitrogen and oxygen atoms in total. The summed E-state index contributed by atoms with van der Waals surface area (Å²) in [6, 6.07) is 5.76. The van der Waals surface area contributed by atoms with Crippen LogP contribution in [0.15, 0.2) is 18.2 Å². The van der Waals surface area contributed by atoms with Crippen LogP contribution in [0.4, 0.5) is 0 Å². The summed E-state index contributed by atoms with van der Waals surface area (Å²) < 4.78 is 10.5. The highest BCUT2D eigenvalue weighted by Gasteiger charge is 2.45. The number of rotatable bonds is 4. The Morgan fingerprint density at radius 3 is 2.47 bits per heavy atom. The van der Waals surface area contributed by atoms with Gasteiger partial charge < -0.3 is 14.6 Å². The lowest BCUT2D eigenvalue weighted by atomic mass is 9.96. The van der Waals surface area contributed by atoms with E-state index in [1.165, 1.54) is 0 Å². The summed E-state index contributed by atoms with van der Waals surface area (Å²) in [6.07, 6.45) is 2.07. The number of benzene rings is 1. The van der Waals surface area contributed by atoms with Crippen molar-refractivity contribution in [3.8, 4) is 11.5 Å². The summed E-state index contributed by atoms with van der Waals surface area (Å²) in [4.78, 5) is 0. The maximum atomic E-state index is 9.37. The third kappa shape index (κ3) is 1.67. The lowest BCUT2D eigenvalue weighted by Gasteiger charge is -2.17. The molecular formula is C12H16O3. The smallest absolute Gasteiger partial charge is 0.126 e. The topological polar surface area (TPSA) is 38.7 Å². The molecule has 0 heterocycles. The van der Waals surface area contributed by atoms with Crippen LogP contribution in [0.2, 0.25) is 0 Å². The van der Waals surface area contributed by atoms with Gasteiger partial charge in [0.2, 0.25) is 0 Å². The number of ether oxygens (including phenoxy) is 2. The highest BCUT2D eigenvalue weighted by atomic mass is 16.5. The Kier molecular flexibility index (Phi) is 2.57. The predicted molar refractivity (Wildman–Crippen MR) is 57.5 cm³/mol. The van der Waals surface area contributed by atoms with Crippen LogP contribution in [0.3, 0.4) is 0 Å². The molecule has 15 heavy (non-hydrogen) atoms. The van der Waals surface area contributed by atoms with E-state index in [2.05, 4.69) is 0 Å². The van der Waals surface area contributed by atoms with Crippen LogP contribution in [0.25, 0.3) is 0 Å². The summed E-state index contributed by atoms with van der Waals surface area (Å²) in [5.74, 6) is 1.59. The first kappa shape index (κ1) is 10.3. The van der Waals surface area contributed by atoms with Crippen LogP contribution in [0.5, 0.6) is 11.5 Å². The van der Waals surface area contributed by atoms with Crippen LogP contribution in [0.1, 0.15) is 18.4 Å². The van der Waals surface area contributed by atoms with Crippen molar-refractivity contribution >= 4 is 0 Å². The third-order valence-electron chi connectivity index (χ3n) is 3.14. The van der Waals surface area contributed by atoms with E-state index < -0.39 is 0 Å². The Balaban J connectivity index is 2.39. The Bertz CT molecular complexity index is 356. The normalized spacial score (nSPS) is 17.3. The molecule has 0 amide bonds. The number of hydrogen-bond donors (Lipinski definition) is 1. The second-order valence-corrected chi connectivity index (χ2v) is 4.00. The van der Waals surface area contributed by atoms with Crippen LogP contribution < -0.4 is 9.47 Å². The average molecular weight is 208 g/mol. The van der Waals surface area contributed by atoms with E-state index in [1.54, 1.807) is 14.2 Å². The van der Waals surface area contributed by atoms with Gasteiger partial charge in [-0.1, -0.05) is 6.07 Å². The number of hydrogen-bond acceptors (Lipinski definition) is 3. The van der Waals surface area contributed by atoms with Gasteiger partial charge >= 0.3 is 0 Å². The highest BCUT2D eigenvalue weighted by molar-refractivity contribution is 5.47. The minimum atomic E-state index is -0.0579. The molecule has 0 bridgehead atoms. The molecule has 82 valence electrons. The predicted octanol–water partition coefficient (Wildman–Crippen LogP) is 1.73. The van der Waals surface area contributed by atoms with Crippen molar-refractivity contribution < 1.29 is 14.6 Å². The van der Waals surface area contributed by atoms with Crippen molar-refractivity contribution in [2.75, 3.05) is 20.8 Å². The molecule has 0 aromatic heterocycles. The maximum Gasteiger partial charge on any atom is 0.126 e. The molecule has 1 saturated carbocycles. The van der Waals surface area contributed by atoms with Gasteiger partial charge in [-0.05, 0) is 18.9 Å². The van der Waals surface area contributed by atoms with Crippen molar-refractivity contribution in [2.24, 2.45) is 0 Å². The molecule has 0 atom stereocenters. The van der Waals surface area contributed by atoms with Crippen LogP contribution in [-0.4, -0.2) is 25.9 Å². The van der Waals surface area contributed by atoms with Gasteiger partial charge in [0.15, 0.2) is 0 Å². The summed E-state index contributed by atoms with van der Waals surface area (Å²) in [5.41, 5.74) is 1.03. The molecule has 0 saturated heterocycles. The van der Waals surface area contributed by atoms with E-state index in [1.807, 2.05) is 18.2 Å². The minimum Gasteiger partial charge on any atom is -0.497 e. The standard InChI is InChI=1S/C12H16O3/c1-14-9-3-4-10(11(7-9)15-2)12(8-13)5-6-12/h3-4,7,13H,5-6,8H2,1-2H3. The molecule has 1 aliphatic carbocycles. The van der Waals surface area contributed by atoms with Crippen LogP contribution >= 0.6 is 0 Å². The van der Waals surface area contributed by atoms with Gasteiger partial charge in [-0.2, -0.15) is 0 Å². The summed E-state index contributed by atoms with van der Waals surface area (Å²) in [6.45, 7) is 0.190. The molecule has 0 spiro atoms. The minimum absolute atomic E-state index is 0.0579. The number of methoxy groups -OCH3 is 2. The summed E-state index contributed by atoms with van der Waals surface area (Å²) in [7, 11) is 3.28. The zero-order valence-electron chi connectivity index (χ0n) is 9.12. The van der Waals surface area contributed by atoms with E-state index in [-0.39, 0.29) is 12.0 Å². The molecule has 0 radical (unpaired) electrons. The molecule has 2 rings (SSSR count). The molecular weight excluding hydrogens is 192 g/mol. The molecule has 1 aromatic carbocycles. The zero-order chi connectivity index (χ0) is 10.9. The van der Waals surface area contributed by atoms with Crippen molar-refractivity contribution in [2.45, 2.75) is 18.3 Å². The molecule has 3 heteroatoms. The van der Waals surface area contributed by atoms with E-state index in [4.69, 9.17) is 9.47 Å². The van der Waals surface area contributed by atoms with Gasteiger partial charge in [0.25, 0.3) is 0 Å². The highest BCUT2D eigenvalue weighted by Crippen LogP contribution is 2.51. The van der Waals surface area contributed by atoms with Crippen molar-refractivity contribution in [3.63, 3.8) is 0 Å². The second kappa shape index (κ2) is 3.74. The first-order chi connectivity index (χ1) is 7.25. The fourth-order valence-electron chi connectivity index (χ4n) is 1.90. The summed E-state index contributed by atoms with van der Waals surface area (Å²) >= 11 is 0. The van der Waals surface area contributed by atoms with Crippen LogP contribution in [-0.2, 0) is 5.41 Å². The lowest BCUT2D eigenvalue weighted by Crippen LogP contribution is -2.13. The third-order valence-corrected chi connectivity index (χ3v) is 3.14. The van der Waals surface area contributed by atoms with E-state index in [0.29, 0.717) is 0 Å². The van der Waals surface area contributed by atoms with Gasteiger partial charge in [-0.25, -0.2) is 0 Å². The van der Waals surface area contributed by atoms with Gasteiger partial charge in [-0.15, -0.1) is 0 Å². The molecule has 0 aliphatic heterocycles. The van der Waals surface area contributed by atoms with E-state index in [9.17, 15) is 5.11 Å². The Hall–Kier alpha value is -1.22. The molecule has 0 unspecified atom stereocenters. The first-order valence-electron chi connectivity index (χ1n) is 5.09. The van der Waals surface area contributed by atoms with Crippen molar-refractivity contribution in [1.29, 1.82) is 0 Å². The van der Waals surface area contributed by atoms with Gasteiger partial charge in [0.1, 0.15) is 11.5 Å². The quantitative estimate of drug-likeness (QED) is 0.819. The zero-order valence-corrected chi connectivity index (χ0v) is 9.12. The van der Waals surface area contributed by atoms with Gasteiger partial charge in [0.05, 0.1) is 20.8 Å². The monoisotopic (exact) mass is 208 g/mol. The van der Waals surface area contributed by atoms with E-state index in [0.717, 1.165) is 29.9 Å². The Labute approximate surface area is 89.6 Å². The first-order valence-corrected chi connectivity index (χ1v) is 5.09. The SMILES string of the molecule is COc1ccc(C2(CO)CC2)c(OC)c1. The lowest BCUT2D eigenvalue weighted by molar-refractivity contribution is 0.251. The largest absolute Gasteiger partial charge is 0.497 e. The fourth-order valence-corrected chi connectivity index (χ4v) is 1.90. The van der Waals surface area contributed by atoms with Gasteiger partial charge in [0, 0.05) is 17.0 Å². The Morgan fingerprint density at radius 2 is 2.00 bits per heavy atom. The van der Waals surface area contributed by atoms with Crippen molar-refractivity contribution in [3.05, 3.63) is 23.8 Å². The second-order valence-electron chi connectivity index (χ2n) is 4.00. The van der Waals surface area contributed by atoms with Gasteiger partial charge in [-0.3, -0.25) is 0 Å². The Morgan fingerprint density at radius 1 is 1.27 bits per heavy atom. The number of aliphatic hydroxyl groups excluding tert-OH is 1. The maximum absolute atomic E-state index is 9.37. The summed E-state index contributed by atoms with van der Waals surface area (Å²) in [5, 5.41) is 9.37. The van der Waals surface area contributed by atoms with Crippen LogP contribution in [0, 0.1) is 0 Å². The number of aliphatic hydroxyl groups is 1. The van der Waals surface area contributed by atoms with Crippen molar-refractivity contribution in [1.82, 2.24) is 0 Å².